The van der Waals surface area contributed by atoms with Crippen molar-refractivity contribution in [3.8, 4) is 0 Å². The van der Waals surface area contributed by atoms with Gasteiger partial charge in [-0.1, -0.05) is 0 Å². The van der Waals surface area contributed by atoms with Crippen LogP contribution in [0.5, 0.6) is 0 Å². The van der Waals surface area contributed by atoms with Crippen LogP contribution in [0.25, 0.3) is 0 Å². The molecule has 1 aromatic rings. The molecule has 2 rings (SSSR count). The number of hydrogen-bond donors (Lipinski definition) is 3. The Morgan fingerprint density at radius 2 is 2.12 bits per heavy atom. The normalized spacial score (nSPS) is 17.0. The monoisotopic (exact) mass is 478 g/mol. The number of nitrogens with one attached hydrogen (secondary N) is 2. The van der Waals surface area contributed by atoms with Crippen molar-refractivity contribution in [3.05, 3.63) is 16.1 Å². The average Bonchev–Trinajstić information content (AvgIpc) is 2.91. The van der Waals surface area contributed by atoms with Crippen LogP contribution in [-0.2, 0) is 12.6 Å². The number of rotatable bonds is 6. The summed E-state index contributed by atoms with van der Waals surface area (Å²) >= 11 is 1.00. The lowest BCUT2D eigenvalue weighted by Gasteiger charge is -2.35. The van der Waals surface area contributed by atoms with E-state index < -0.39 is 17.5 Å². The van der Waals surface area contributed by atoms with Crippen molar-refractivity contribution in [3.63, 3.8) is 0 Å². The molecule has 5 nitrogen and oxygen atoms in total. The smallest absolute Gasteiger partial charge is 0.388 e. The van der Waals surface area contributed by atoms with E-state index >= 15 is 0 Å². The van der Waals surface area contributed by atoms with Gasteiger partial charge in [-0.3, -0.25) is 4.99 Å². The van der Waals surface area contributed by atoms with E-state index in [9.17, 15) is 18.3 Å². The molecule has 0 aliphatic heterocycles. The molecule has 10 heteroatoms. The lowest BCUT2D eigenvalue weighted by Crippen LogP contribution is -2.43. The van der Waals surface area contributed by atoms with Gasteiger partial charge in [-0.25, -0.2) is 4.98 Å². The summed E-state index contributed by atoms with van der Waals surface area (Å²) in [7, 11) is 0. The molecule has 24 heavy (non-hydrogen) atoms. The van der Waals surface area contributed by atoms with Crippen LogP contribution in [-0.4, -0.2) is 41.3 Å². The van der Waals surface area contributed by atoms with Gasteiger partial charge in [-0.2, -0.15) is 13.2 Å². The number of aliphatic imine (C=N–C) groups is 1. The first-order chi connectivity index (χ1) is 10.8. The van der Waals surface area contributed by atoms with Gasteiger partial charge in [0.2, 0.25) is 0 Å². The fourth-order valence-electron chi connectivity index (χ4n) is 2.15. The lowest BCUT2D eigenvalue weighted by atomic mass is 9.80. The van der Waals surface area contributed by atoms with Gasteiger partial charge in [0.15, 0.2) is 11.7 Å². The van der Waals surface area contributed by atoms with E-state index in [-0.39, 0.29) is 24.0 Å². The Morgan fingerprint density at radius 1 is 1.42 bits per heavy atom. The molecule has 0 radical (unpaired) electrons. The van der Waals surface area contributed by atoms with Crippen molar-refractivity contribution < 1.29 is 18.3 Å². The van der Waals surface area contributed by atoms with Gasteiger partial charge in [0.25, 0.3) is 0 Å². The van der Waals surface area contributed by atoms with E-state index in [0.29, 0.717) is 37.0 Å². The first-order valence-corrected chi connectivity index (χ1v) is 8.46. The van der Waals surface area contributed by atoms with Gasteiger partial charge < -0.3 is 15.7 Å². The molecule has 0 spiro atoms. The molecule has 0 atom stereocenters. The first kappa shape index (κ1) is 21.4. The Balaban J connectivity index is 0.00000288. The summed E-state index contributed by atoms with van der Waals surface area (Å²) in [5.41, 5.74) is -1.54. The molecule has 0 bridgehead atoms. The summed E-state index contributed by atoms with van der Waals surface area (Å²) in [5, 5.41) is 17.6. The number of aliphatic hydroxyl groups is 1. The molecule has 1 aliphatic carbocycles. The van der Waals surface area contributed by atoms with E-state index in [4.69, 9.17) is 0 Å². The number of guanidine groups is 1. The fraction of sp³-hybridized carbons (Fsp3) is 0.714. The second-order valence-electron chi connectivity index (χ2n) is 5.57. The number of alkyl halides is 3. The van der Waals surface area contributed by atoms with Crippen molar-refractivity contribution in [2.75, 3.05) is 19.6 Å². The highest BCUT2D eigenvalue weighted by atomic mass is 127. The number of nitrogens with zero attached hydrogens (tertiary/aromatic N) is 2. The molecule has 0 unspecified atom stereocenters. The second-order valence-corrected chi connectivity index (χ2v) is 6.52. The maximum Gasteiger partial charge on any atom is 0.434 e. The zero-order valence-electron chi connectivity index (χ0n) is 13.3. The number of aromatic nitrogens is 1. The number of hydrogen-bond acceptors (Lipinski definition) is 4. The molecule has 1 aliphatic rings. The number of halogens is 4. The van der Waals surface area contributed by atoms with E-state index in [1.807, 2.05) is 6.92 Å². The van der Waals surface area contributed by atoms with E-state index in [1.165, 1.54) is 0 Å². The Kier molecular flexibility index (Phi) is 8.20. The topological polar surface area (TPSA) is 69.5 Å². The summed E-state index contributed by atoms with van der Waals surface area (Å²) < 4.78 is 37.4. The maximum atomic E-state index is 12.5. The molecular formula is C14H22F3IN4OS. The quantitative estimate of drug-likeness (QED) is 0.334. The second kappa shape index (κ2) is 9.18. The van der Waals surface area contributed by atoms with Gasteiger partial charge in [0.1, 0.15) is 0 Å². The van der Waals surface area contributed by atoms with E-state index in [2.05, 4.69) is 20.6 Å². The highest BCUT2D eigenvalue weighted by molar-refractivity contribution is 14.0. The first-order valence-electron chi connectivity index (χ1n) is 7.58. The van der Waals surface area contributed by atoms with Crippen molar-refractivity contribution in [1.29, 1.82) is 0 Å². The summed E-state index contributed by atoms with van der Waals surface area (Å²) in [4.78, 5) is 7.92. The van der Waals surface area contributed by atoms with E-state index in [0.717, 1.165) is 36.0 Å². The molecule has 1 heterocycles. The van der Waals surface area contributed by atoms with Gasteiger partial charge in [-0.05, 0) is 26.2 Å². The minimum absolute atomic E-state index is 0. The molecule has 138 valence electrons. The molecule has 1 fully saturated rings. The largest absolute Gasteiger partial charge is 0.434 e. The molecule has 0 saturated heterocycles. The average molecular weight is 478 g/mol. The fourth-order valence-corrected chi connectivity index (χ4v) is 2.96. The van der Waals surface area contributed by atoms with Crippen molar-refractivity contribution in [2.45, 2.75) is 44.4 Å². The molecule has 1 aromatic heterocycles. The third kappa shape index (κ3) is 6.36. The zero-order valence-corrected chi connectivity index (χ0v) is 16.5. The van der Waals surface area contributed by atoms with Crippen LogP contribution in [0, 0.1) is 0 Å². The summed E-state index contributed by atoms with van der Waals surface area (Å²) in [6, 6.07) is 0. The zero-order chi connectivity index (χ0) is 16.9. The molecule has 1 saturated carbocycles. The van der Waals surface area contributed by atoms with Crippen LogP contribution in [0.4, 0.5) is 13.2 Å². The Bertz CT molecular complexity index is 546. The van der Waals surface area contributed by atoms with E-state index in [1.54, 1.807) is 0 Å². The third-order valence-electron chi connectivity index (χ3n) is 3.63. The van der Waals surface area contributed by atoms with Gasteiger partial charge in [0.05, 0.1) is 17.2 Å². The van der Waals surface area contributed by atoms with Crippen LogP contribution in [0.15, 0.2) is 10.4 Å². The predicted molar refractivity (Wildman–Crippen MR) is 99.0 cm³/mol. The van der Waals surface area contributed by atoms with Crippen LogP contribution in [0.3, 0.4) is 0 Å². The molecule has 0 amide bonds. The van der Waals surface area contributed by atoms with Crippen molar-refractivity contribution >= 4 is 41.3 Å². The summed E-state index contributed by atoms with van der Waals surface area (Å²) in [6.07, 6.45) is -1.47. The SMILES string of the molecule is CCNC(=NCC1(O)CCC1)NCCc1nc(C(F)(F)F)cs1.I. The Hall–Kier alpha value is -0.620. The Labute approximate surface area is 160 Å². The maximum absolute atomic E-state index is 12.5. The molecule has 3 N–H and O–H groups in total. The summed E-state index contributed by atoms with van der Waals surface area (Å²) in [6.45, 7) is 3.35. The van der Waals surface area contributed by atoms with Crippen molar-refractivity contribution in [2.24, 2.45) is 4.99 Å². The minimum atomic E-state index is -4.39. The predicted octanol–water partition coefficient (Wildman–Crippen LogP) is 2.79. The molecular weight excluding hydrogens is 456 g/mol. The van der Waals surface area contributed by atoms with Crippen LogP contribution >= 0.6 is 35.3 Å². The Morgan fingerprint density at radius 3 is 2.62 bits per heavy atom. The van der Waals surface area contributed by atoms with Crippen LogP contribution in [0.1, 0.15) is 36.9 Å². The van der Waals surface area contributed by atoms with Crippen molar-refractivity contribution in [1.82, 2.24) is 15.6 Å². The van der Waals surface area contributed by atoms with Crippen LogP contribution < -0.4 is 10.6 Å². The highest BCUT2D eigenvalue weighted by Crippen LogP contribution is 2.31. The highest BCUT2D eigenvalue weighted by Gasteiger charge is 2.34. The number of thiazole rings is 1. The van der Waals surface area contributed by atoms with Gasteiger partial charge >= 0.3 is 6.18 Å². The standard InChI is InChI=1S/C14H21F3N4OS.HI/c1-2-18-12(20-9-13(22)5-3-6-13)19-7-4-11-21-10(8-23-11)14(15,16)17;/h8,22H,2-7,9H2,1H3,(H2,18,19,20);1H. The van der Waals surface area contributed by atoms with Gasteiger partial charge in [0, 0.05) is 24.9 Å². The lowest BCUT2D eigenvalue weighted by molar-refractivity contribution is -0.140. The molecule has 0 aromatic carbocycles. The third-order valence-corrected chi connectivity index (χ3v) is 4.54. The minimum Gasteiger partial charge on any atom is -0.388 e. The van der Waals surface area contributed by atoms with Gasteiger partial charge in [-0.15, -0.1) is 35.3 Å². The van der Waals surface area contributed by atoms with Crippen LogP contribution in [0.2, 0.25) is 0 Å². The summed E-state index contributed by atoms with van der Waals surface area (Å²) in [5.74, 6) is 0.556.